The summed E-state index contributed by atoms with van der Waals surface area (Å²) in [7, 11) is 0. The number of rotatable bonds is 4. The Hall–Kier alpha value is -1.85. The van der Waals surface area contributed by atoms with E-state index < -0.39 is 5.97 Å². The highest BCUT2D eigenvalue weighted by Crippen LogP contribution is 2.29. The molecular formula is C13H19N3O3. The zero-order chi connectivity index (χ0) is 13.8. The van der Waals surface area contributed by atoms with Gasteiger partial charge in [-0.25, -0.2) is 0 Å². The summed E-state index contributed by atoms with van der Waals surface area (Å²) in [6.45, 7) is 2.01. The maximum Gasteiger partial charge on any atom is 0.325 e. The van der Waals surface area contributed by atoms with E-state index in [1.807, 2.05) is 0 Å². The molecule has 1 saturated carbocycles. The highest BCUT2D eigenvalue weighted by Gasteiger charge is 2.24. The van der Waals surface area contributed by atoms with Gasteiger partial charge >= 0.3 is 5.97 Å². The molecule has 104 valence electrons. The Morgan fingerprint density at radius 2 is 2.11 bits per heavy atom. The van der Waals surface area contributed by atoms with Crippen molar-refractivity contribution in [2.24, 2.45) is 11.8 Å². The molecule has 19 heavy (non-hydrogen) atoms. The Kier molecular flexibility index (Phi) is 4.19. The van der Waals surface area contributed by atoms with Crippen LogP contribution in [0.1, 0.15) is 32.6 Å². The zero-order valence-corrected chi connectivity index (χ0v) is 11.0. The number of hydrogen-bond acceptors (Lipinski definition) is 3. The van der Waals surface area contributed by atoms with Crippen molar-refractivity contribution >= 4 is 17.6 Å². The molecule has 1 aliphatic rings. The Labute approximate surface area is 111 Å². The summed E-state index contributed by atoms with van der Waals surface area (Å²) in [4.78, 5) is 22.6. The van der Waals surface area contributed by atoms with Gasteiger partial charge in [-0.2, -0.15) is 5.10 Å². The molecule has 6 nitrogen and oxygen atoms in total. The Balaban J connectivity index is 1.88. The first-order valence-electron chi connectivity index (χ1n) is 6.59. The average Bonchev–Trinajstić information content (AvgIpc) is 2.76. The van der Waals surface area contributed by atoms with E-state index in [1.165, 1.54) is 17.1 Å². The third kappa shape index (κ3) is 3.81. The summed E-state index contributed by atoms with van der Waals surface area (Å²) in [6, 6.07) is 0. The molecule has 1 aliphatic carbocycles. The van der Waals surface area contributed by atoms with Gasteiger partial charge in [-0.3, -0.25) is 14.3 Å². The minimum absolute atomic E-state index is 0.0155. The monoisotopic (exact) mass is 265 g/mol. The predicted octanol–water partition coefficient (Wildman–Crippen LogP) is 1.73. The molecule has 2 N–H and O–H groups in total. The van der Waals surface area contributed by atoms with Crippen LogP contribution in [0.25, 0.3) is 0 Å². The first kappa shape index (κ1) is 13.6. The number of anilines is 1. The number of aromatic nitrogens is 2. The van der Waals surface area contributed by atoms with E-state index in [0.29, 0.717) is 11.6 Å². The molecule has 0 atom stereocenters. The van der Waals surface area contributed by atoms with Crippen molar-refractivity contribution in [2.75, 3.05) is 5.32 Å². The van der Waals surface area contributed by atoms with E-state index in [1.54, 1.807) is 0 Å². The minimum atomic E-state index is -0.956. The van der Waals surface area contributed by atoms with Gasteiger partial charge in [-0.1, -0.05) is 6.92 Å². The quantitative estimate of drug-likeness (QED) is 0.868. The van der Waals surface area contributed by atoms with Gasteiger partial charge in [-0.05, 0) is 31.6 Å². The maximum atomic E-state index is 12.0. The van der Waals surface area contributed by atoms with Crippen molar-refractivity contribution in [3.8, 4) is 0 Å². The highest BCUT2D eigenvalue weighted by atomic mass is 16.4. The summed E-state index contributed by atoms with van der Waals surface area (Å²) in [5.41, 5.74) is 0.560. The van der Waals surface area contributed by atoms with Gasteiger partial charge in [0.15, 0.2) is 0 Å². The molecule has 1 aromatic heterocycles. The number of carbonyl (C=O) groups is 2. The molecule has 0 spiro atoms. The van der Waals surface area contributed by atoms with Crippen LogP contribution < -0.4 is 5.32 Å². The Bertz CT molecular complexity index is 461. The number of carboxylic acid groups (broad SMARTS) is 1. The van der Waals surface area contributed by atoms with Crippen molar-refractivity contribution in [3.63, 3.8) is 0 Å². The fraction of sp³-hybridized carbons (Fsp3) is 0.615. The van der Waals surface area contributed by atoms with E-state index in [4.69, 9.17) is 5.11 Å². The summed E-state index contributed by atoms with van der Waals surface area (Å²) in [5, 5.41) is 15.3. The van der Waals surface area contributed by atoms with E-state index in [0.717, 1.165) is 25.7 Å². The lowest BCUT2D eigenvalue weighted by Crippen LogP contribution is -2.26. The lowest BCUT2D eigenvalue weighted by atomic mass is 9.82. The van der Waals surface area contributed by atoms with Crippen LogP contribution in [0.5, 0.6) is 0 Å². The van der Waals surface area contributed by atoms with E-state index >= 15 is 0 Å². The van der Waals surface area contributed by atoms with Crippen molar-refractivity contribution in [1.29, 1.82) is 0 Å². The molecule has 1 amide bonds. The fourth-order valence-electron chi connectivity index (χ4n) is 2.42. The molecule has 0 aliphatic heterocycles. The third-order valence-corrected chi connectivity index (χ3v) is 3.58. The Morgan fingerprint density at radius 3 is 2.74 bits per heavy atom. The third-order valence-electron chi connectivity index (χ3n) is 3.58. The molecule has 0 radical (unpaired) electrons. The second-order valence-corrected chi connectivity index (χ2v) is 5.27. The molecule has 1 fully saturated rings. The van der Waals surface area contributed by atoms with Gasteiger partial charge < -0.3 is 10.4 Å². The molecule has 2 rings (SSSR count). The number of nitrogens with one attached hydrogen (secondary N) is 1. The van der Waals surface area contributed by atoms with Crippen molar-refractivity contribution in [3.05, 3.63) is 12.4 Å². The van der Waals surface area contributed by atoms with Crippen LogP contribution in [-0.2, 0) is 16.1 Å². The molecular weight excluding hydrogens is 246 g/mol. The fourth-order valence-corrected chi connectivity index (χ4v) is 2.42. The van der Waals surface area contributed by atoms with Gasteiger partial charge in [-0.15, -0.1) is 0 Å². The minimum Gasteiger partial charge on any atom is -0.480 e. The number of carboxylic acids is 1. The van der Waals surface area contributed by atoms with Gasteiger partial charge in [0, 0.05) is 12.1 Å². The number of hydrogen-bond donors (Lipinski definition) is 2. The van der Waals surface area contributed by atoms with E-state index in [2.05, 4.69) is 17.3 Å². The van der Waals surface area contributed by atoms with Crippen LogP contribution in [0.3, 0.4) is 0 Å². The van der Waals surface area contributed by atoms with Crippen molar-refractivity contribution in [1.82, 2.24) is 9.78 Å². The summed E-state index contributed by atoms with van der Waals surface area (Å²) in [6.07, 6.45) is 7.06. The molecule has 1 aromatic rings. The normalized spacial score (nSPS) is 23.0. The summed E-state index contributed by atoms with van der Waals surface area (Å²) in [5.74, 6) is -0.162. The lowest BCUT2D eigenvalue weighted by Gasteiger charge is -2.24. The number of carbonyl (C=O) groups excluding carboxylic acids is 1. The maximum absolute atomic E-state index is 12.0. The smallest absolute Gasteiger partial charge is 0.325 e. The van der Waals surface area contributed by atoms with Crippen LogP contribution in [0, 0.1) is 11.8 Å². The SMILES string of the molecule is CC1CCC(C(=O)Nc2cnn(CC(=O)O)c2)CC1. The molecule has 0 bridgehead atoms. The molecule has 0 aromatic carbocycles. The molecule has 6 heteroatoms. The average molecular weight is 265 g/mol. The van der Waals surface area contributed by atoms with Crippen LogP contribution >= 0.6 is 0 Å². The van der Waals surface area contributed by atoms with Crippen LogP contribution in [0.4, 0.5) is 5.69 Å². The van der Waals surface area contributed by atoms with Gasteiger partial charge in [0.05, 0.1) is 11.9 Å². The second-order valence-electron chi connectivity index (χ2n) is 5.27. The summed E-state index contributed by atoms with van der Waals surface area (Å²) < 4.78 is 1.29. The summed E-state index contributed by atoms with van der Waals surface area (Å²) >= 11 is 0. The largest absolute Gasteiger partial charge is 0.480 e. The predicted molar refractivity (Wildman–Crippen MR) is 69.6 cm³/mol. The first-order valence-corrected chi connectivity index (χ1v) is 6.59. The number of aliphatic carboxylic acids is 1. The Morgan fingerprint density at radius 1 is 1.42 bits per heavy atom. The first-order chi connectivity index (χ1) is 9.04. The van der Waals surface area contributed by atoms with Crippen molar-refractivity contribution in [2.45, 2.75) is 39.2 Å². The number of amides is 1. The van der Waals surface area contributed by atoms with E-state index in [-0.39, 0.29) is 18.4 Å². The standard InChI is InChI=1S/C13H19N3O3/c1-9-2-4-10(5-3-9)13(19)15-11-6-14-16(7-11)8-12(17)18/h6-7,9-10H,2-5,8H2,1H3,(H,15,19)(H,17,18). The van der Waals surface area contributed by atoms with Gasteiger partial charge in [0.2, 0.25) is 5.91 Å². The molecule has 0 saturated heterocycles. The van der Waals surface area contributed by atoms with Gasteiger partial charge in [0.1, 0.15) is 6.54 Å². The lowest BCUT2D eigenvalue weighted by molar-refractivity contribution is -0.137. The van der Waals surface area contributed by atoms with Gasteiger partial charge in [0.25, 0.3) is 0 Å². The van der Waals surface area contributed by atoms with Crippen molar-refractivity contribution < 1.29 is 14.7 Å². The molecule has 0 unspecified atom stereocenters. The van der Waals surface area contributed by atoms with Crippen LogP contribution in [-0.4, -0.2) is 26.8 Å². The van der Waals surface area contributed by atoms with Crippen LogP contribution in [0.15, 0.2) is 12.4 Å². The zero-order valence-electron chi connectivity index (χ0n) is 11.0. The molecule has 1 heterocycles. The number of nitrogens with zero attached hydrogens (tertiary/aromatic N) is 2. The highest BCUT2D eigenvalue weighted by molar-refractivity contribution is 5.92. The van der Waals surface area contributed by atoms with Crippen LogP contribution in [0.2, 0.25) is 0 Å². The topological polar surface area (TPSA) is 84.2 Å². The second kappa shape index (κ2) is 5.86. The van der Waals surface area contributed by atoms with E-state index in [9.17, 15) is 9.59 Å².